The highest BCUT2D eigenvalue weighted by molar-refractivity contribution is 6.33. The average Bonchev–Trinajstić information content (AvgIpc) is 3.24. The van der Waals surface area contributed by atoms with Crippen molar-refractivity contribution in [1.29, 1.82) is 0 Å². The first-order valence-corrected chi connectivity index (χ1v) is 19.0. The lowest BCUT2D eigenvalue weighted by Gasteiger charge is -2.27. The second-order valence-electron chi connectivity index (χ2n) is 14.5. The molecule has 55 heavy (non-hydrogen) atoms. The maximum Gasteiger partial charge on any atom is 0.138 e. The monoisotopic (exact) mass is 702 g/mol. The van der Waals surface area contributed by atoms with E-state index in [9.17, 15) is 0 Å². The van der Waals surface area contributed by atoms with Crippen molar-refractivity contribution in [2.45, 2.75) is 13.8 Å². The summed E-state index contributed by atoms with van der Waals surface area (Å²) in [6.45, 7) is 4.34. The van der Waals surface area contributed by atoms with Crippen molar-refractivity contribution in [3.8, 4) is 33.4 Å². The van der Waals surface area contributed by atoms with Crippen LogP contribution in [0.5, 0.6) is 0 Å². The largest absolute Gasteiger partial charge is 0.295 e. The Bertz CT molecular complexity index is 3020. The lowest BCUT2D eigenvalue weighted by Crippen LogP contribution is -2.12. The molecule has 0 aliphatic rings. The first-order chi connectivity index (χ1) is 27.1. The molecule has 9 aromatic carbocycles. The van der Waals surface area contributed by atoms with Gasteiger partial charge in [0.05, 0.1) is 5.52 Å². The van der Waals surface area contributed by atoms with Gasteiger partial charge in [-0.1, -0.05) is 146 Å². The quantitative estimate of drug-likeness (QED) is 0.160. The van der Waals surface area contributed by atoms with Gasteiger partial charge in [-0.25, -0.2) is 4.98 Å². The Morgan fingerprint density at radius 3 is 1.67 bits per heavy atom. The van der Waals surface area contributed by atoms with E-state index in [4.69, 9.17) is 4.98 Å². The van der Waals surface area contributed by atoms with E-state index in [1.807, 2.05) is 0 Å². The Hall–Kier alpha value is -7.03. The Morgan fingerprint density at radius 1 is 0.382 bits per heavy atom. The molecule has 0 N–H and O–H groups in total. The lowest BCUT2D eigenvalue weighted by atomic mass is 9.81. The first-order valence-electron chi connectivity index (χ1n) is 19.0. The van der Waals surface area contributed by atoms with Gasteiger partial charge in [0, 0.05) is 16.8 Å². The summed E-state index contributed by atoms with van der Waals surface area (Å²) in [6, 6.07) is 70.5. The zero-order valence-corrected chi connectivity index (χ0v) is 30.9. The summed E-state index contributed by atoms with van der Waals surface area (Å²) in [5.74, 6) is 0.885. The van der Waals surface area contributed by atoms with Crippen molar-refractivity contribution in [3.63, 3.8) is 0 Å². The minimum absolute atomic E-state index is 0.885. The van der Waals surface area contributed by atoms with Crippen LogP contribution in [0.25, 0.3) is 76.6 Å². The maximum absolute atomic E-state index is 5.25. The molecule has 0 saturated heterocycles. The summed E-state index contributed by atoms with van der Waals surface area (Å²) in [6.07, 6.45) is 0. The van der Waals surface area contributed by atoms with Gasteiger partial charge in [0.2, 0.25) is 0 Å². The SMILES string of the molecule is Cc1cc(C)cc(N(c2ccc3c(c2)c2ccccc2c2c(-c4ccccc4)cc(-c4ccccc4)c(-c4ccccc4)c32)c2ccc3ccccc3n2)c1. The molecule has 0 atom stereocenters. The zero-order chi connectivity index (χ0) is 36.9. The van der Waals surface area contributed by atoms with Gasteiger partial charge in [-0.15, -0.1) is 0 Å². The fraction of sp³-hybridized carbons (Fsp3) is 0.0377. The number of para-hydroxylation sites is 1. The van der Waals surface area contributed by atoms with Crippen molar-refractivity contribution in [1.82, 2.24) is 4.98 Å². The van der Waals surface area contributed by atoms with Gasteiger partial charge in [-0.05, 0) is 139 Å². The van der Waals surface area contributed by atoms with E-state index in [-0.39, 0.29) is 0 Å². The van der Waals surface area contributed by atoms with E-state index in [2.05, 4.69) is 213 Å². The maximum atomic E-state index is 5.25. The molecule has 1 heterocycles. The number of aryl methyl sites for hydroxylation is 2. The summed E-state index contributed by atoms with van der Waals surface area (Å²) < 4.78 is 0. The molecule has 0 aliphatic carbocycles. The molecule has 0 unspecified atom stereocenters. The van der Waals surface area contributed by atoms with E-state index in [0.717, 1.165) is 28.1 Å². The molecule has 0 spiro atoms. The van der Waals surface area contributed by atoms with Crippen molar-refractivity contribution in [2.24, 2.45) is 0 Å². The van der Waals surface area contributed by atoms with Gasteiger partial charge in [0.25, 0.3) is 0 Å². The van der Waals surface area contributed by atoms with Gasteiger partial charge in [-0.2, -0.15) is 0 Å². The molecule has 2 heteroatoms. The second-order valence-corrected chi connectivity index (χ2v) is 14.5. The minimum Gasteiger partial charge on any atom is -0.295 e. The van der Waals surface area contributed by atoms with Gasteiger partial charge in [0.15, 0.2) is 0 Å². The number of benzene rings is 9. The topological polar surface area (TPSA) is 16.1 Å². The van der Waals surface area contributed by atoms with Crippen LogP contribution in [-0.2, 0) is 0 Å². The third-order valence-electron chi connectivity index (χ3n) is 10.9. The summed E-state index contributed by atoms with van der Waals surface area (Å²) in [4.78, 5) is 7.57. The fourth-order valence-electron chi connectivity index (χ4n) is 8.55. The molecule has 0 bridgehead atoms. The fourth-order valence-corrected chi connectivity index (χ4v) is 8.55. The smallest absolute Gasteiger partial charge is 0.138 e. The molecule has 0 fully saturated rings. The molecule has 0 aliphatic heterocycles. The van der Waals surface area contributed by atoms with Crippen LogP contribution in [0.3, 0.4) is 0 Å². The minimum atomic E-state index is 0.885. The van der Waals surface area contributed by atoms with Gasteiger partial charge in [-0.3, -0.25) is 4.90 Å². The molecule has 10 rings (SSSR count). The molecule has 0 radical (unpaired) electrons. The highest BCUT2D eigenvalue weighted by Gasteiger charge is 2.23. The third kappa shape index (κ3) is 5.71. The number of hydrogen-bond donors (Lipinski definition) is 0. The third-order valence-corrected chi connectivity index (χ3v) is 10.9. The molecular formula is C53H38N2. The van der Waals surface area contributed by atoms with Crippen LogP contribution in [0, 0.1) is 13.8 Å². The standard InChI is InChI=1S/C53H38N2/c1-35-30-36(2)32-42(31-35)55(50-29-26-39-20-12-15-25-49(39)54-50)41-27-28-45-48(33-41)43-23-13-14-24-44(43)52-47(38-18-8-4-9-19-38)34-46(37-16-6-3-7-17-37)51(53(45)52)40-21-10-5-11-22-40/h3-34H,1-2H3. The van der Waals surface area contributed by atoms with E-state index in [1.54, 1.807) is 0 Å². The molecule has 0 amide bonds. The summed E-state index contributed by atoms with van der Waals surface area (Å²) in [7, 11) is 0. The molecule has 2 nitrogen and oxygen atoms in total. The normalized spacial score (nSPS) is 11.5. The van der Waals surface area contributed by atoms with Crippen molar-refractivity contribution in [3.05, 3.63) is 205 Å². The predicted molar refractivity (Wildman–Crippen MR) is 235 cm³/mol. The number of aromatic nitrogens is 1. The van der Waals surface area contributed by atoms with Crippen LogP contribution in [0.15, 0.2) is 194 Å². The van der Waals surface area contributed by atoms with Crippen molar-refractivity contribution >= 4 is 60.4 Å². The van der Waals surface area contributed by atoms with E-state index in [0.29, 0.717) is 0 Å². The van der Waals surface area contributed by atoms with Crippen LogP contribution in [0.4, 0.5) is 17.2 Å². The molecule has 10 aromatic rings. The highest BCUT2D eigenvalue weighted by Crippen LogP contribution is 2.50. The van der Waals surface area contributed by atoms with E-state index >= 15 is 0 Å². The van der Waals surface area contributed by atoms with Crippen LogP contribution < -0.4 is 4.90 Å². The van der Waals surface area contributed by atoms with Gasteiger partial charge in [0.1, 0.15) is 5.82 Å². The number of pyridine rings is 1. The Kier molecular flexibility index (Phi) is 7.96. The van der Waals surface area contributed by atoms with Crippen molar-refractivity contribution in [2.75, 3.05) is 4.90 Å². The first kappa shape index (κ1) is 32.6. The zero-order valence-electron chi connectivity index (χ0n) is 30.9. The molecule has 1 aromatic heterocycles. The Labute approximate surface area is 321 Å². The van der Waals surface area contributed by atoms with Crippen LogP contribution in [0.2, 0.25) is 0 Å². The Morgan fingerprint density at radius 2 is 0.964 bits per heavy atom. The predicted octanol–water partition coefficient (Wildman–Crippen LogP) is 14.8. The van der Waals surface area contributed by atoms with Crippen LogP contribution in [-0.4, -0.2) is 4.98 Å². The number of anilines is 3. The molecule has 260 valence electrons. The number of nitrogens with zero attached hydrogens (tertiary/aromatic N) is 2. The summed E-state index contributed by atoms with van der Waals surface area (Å²) >= 11 is 0. The number of fused-ring (bicyclic) bond motifs is 7. The van der Waals surface area contributed by atoms with Gasteiger partial charge >= 0.3 is 0 Å². The summed E-state index contributed by atoms with van der Waals surface area (Å²) in [5.41, 5.74) is 12.8. The Balaban J connectivity index is 1.36. The molecular weight excluding hydrogens is 665 g/mol. The van der Waals surface area contributed by atoms with Crippen LogP contribution in [0.1, 0.15) is 11.1 Å². The highest BCUT2D eigenvalue weighted by atomic mass is 15.2. The second kappa shape index (κ2) is 13.4. The van der Waals surface area contributed by atoms with Gasteiger partial charge < -0.3 is 0 Å². The molecule has 0 saturated carbocycles. The average molecular weight is 703 g/mol. The van der Waals surface area contributed by atoms with Crippen molar-refractivity contribution < 1.29 is 0 Å². The van der Waals surface area contributed by atoms with Crippen LogP contribution >= 0.6 is 0 Å². The van der Waals surface area contributed by atoms with E-state index in [1.165, 1.54) is 76.8 Å². The van der Waals surface area contributed by atoms with E-state index < -0.39 is 0 Å². The number of rotatable bonds is 6. The number of hydrogen-bond acceptors (Lipinski definition) is 2. The lowest BCUT2D eigenvalue weighted by molar-refractivity contribution is 1.20. The summed E-state index contributed by atoms with van der Waals surface area (Å²) in [5, 5.41) is 8.54.